The minimum Gasteiger partial charge on any atom is -0.444 e. The smallest absolute Gasteiger partial charge is 0.408 e. The van der Waals surface area contributed by atoms with Gasteiger partial charge in [0.25, 0.3) is 0 Å². The van der Waals surface area contributed by atoms with Crippen LogP contribution in [0.25, 0.3) is 0 Å². The molecule has 1 fully saturated rings. The number of hydrogen-bond donors (Lipinski definition) is 2. The first-order valence-electron chi connectivity index (χ1n) is 13.1. The fourth-order valence-corrected chi connectivity index (χ4v) is 4.88. The molecule has 0 aromatic heterocycles. The number of ether oxygens (including phenoxy) is 1. The van der Waals surface area contributed by atoms with Crippen molar-refractivity contribution in [3.63, 3.8) is 0 Å². The van der Waals surface area contributed by atoms with Gasteiger partial charge in [-0.05, 0) is 76.5 Å². The maximum absolute atomic E-state index is 14.2. The monoisotopic (exact) mass is 529 g/mol. The second-order valence-electron chi connectivity index (χ2n) is 10.8. The van der Waals surface area contributed by atoms with Crippen LogP contribution in [0.3, 0.4) is 0 Å². The summed E-state index contributed by atoms with van der Waals surface area (Å²) in [6.07, 6.45) is 10.0. The normalized spacial score (nSPS) is 19.1. The molecule has 1 aliphatic carbocycles. The molecule has 3 amide bonds. The fraction of sp³-hybridized carbons (Fsp3) is 0.621. The molecule has 5 unspecified atom stereocenters. The molecular weight excluding hydrogens is 486 g/mol. The molecule has 1 aliphatic rings. The maximum atomic E-state index is 14.2. The minimum atomic E-state index is -0.911. The van der Waals surface area contributed by atoms with Gasteiger partial charge in [0, 0.05) is 17.6 Å². The summed E-state index contributed by atoms with van der Waals surface area (Å²) in [5.41, 5.74) is 0.475. The molecule has 0 aliphatic heterocycles. The van der Waals surface area contributed by atoms with E-state index in [2.05, 4.69) is 30.4 Å². The van der Waals surface area contributed by atoms with Crippen LogP contribution in [0.5, 0.6) is 0 Å². The van der Waals surface area contributed by atoms with Gasteiger partial charge in [-0.2, -0.15) is 11.8 Å². The Morgan fingerprint density at radius 2 is 1.86 bits per heavy atom. The molecule has 0 bridgehead atoms. The Hall–Kier alpha value is -2.66. The molecule has 2 N–H and O–H groups in total. The van der Waals surface area contributed by atoms with Crippen molar-refractivity contribution >= 4 is 29.7 Å². The van der Waals surface area contributed by atoms with Gasteiger partial charge < -0.3 is 20.3 Å². The summed E-state index contributed by atoms with van der Waals surface area (Å²) in [5, 5.41) is 5.88. The van der Waals surface area contributed by atoms with Crippen LogP contribution in [0.2, 0.25) is 0 Å². The predicted molar refractivity (Wildman–Crippen MR) is 150 cm³/mol. The molecule has 204 valence electrons. The highest BCUT2D eigenvalue weighted by Gasteiger charge is 2.48. The first kappa shape index (κ1) is 30.6. The number of amides is 3. The number of thioether (sulfide) groups is 1. The van der Waals surface area contributed by atoms with Gasteiger partial charge in [0.2, 0.25) is 11.8 Å². The van der Waals surface area contributed by atoms with E-state index in [1.807, 2.05) is 31.4 Å². The van der Waals surface area contributed by atoms with E-state index in [0.29, 0.717) is 23.3 Å². The number of alkyl carbamates (subject to hydrolysis) is 1. The molecule has 37 heavy (non-hydrogen) atoms. The summed E-state index contributed by atoms with van der Waals surface area (Å²) in [4.78, 5) is 42.4. The quantitative estimate of drug-likeness (QED) is 0.376. The van der Waals surface area contributed by atoms with E-state index in [1.165, 1.54) is 0 Å². The van der Waals surface area contributed by atoms with Crippen molar-refractivity contribution in [2.45, 2.75) is 97.0 Å². The van der Waals surface area contributed by atoms with Gasteiger partial charge >= 0.3 is 6.09 Å². The van der Waals surface area contributed by atoms with E-state index >= 15 is 0 Å². The number of hydrogen-bond acceptors (Lipinski definition) is 5. The zero-order valence-electron chi connectivity index (χ0n) is 23.3. The second-order valence-corrected chi connectivity index (χ2v) is 11.8. The van der Waals surface area contributed by atoms with Crippen LogP contribution in [0, 0.1) is 18.3 Å². The fourth-order valence-electron chi connectivity index (χ4n) is 4.41. The number of carbonyl (C=O) groups is 3. The first-order chi connectivity index (χ1) is 17.4. The van der Waals surface area contributed by atoms with Gasteiger partial charge in [-0.3, -0.25) is 9.59 Å². The Balaban J connectivity index is 2.53. The first-order valence-corrected chi connectivity index (χ1v) is 14.5. The number of terminal acetylenes is 1. The Morgan fingerprint density at radius 3 is 2.41 bits per heavy atom. The average molecular weight is 530 g/mol. The zero-order valence-corrected chi connectivity index (χ0v) is 24.1. The Bertz CT molecular complexity index is 984. The molecule has 1 aromatic carbocycles. The highest BCUT2D eigenvalue weighted by molar-refractivity contribution is 7.98. The molecule has 8 heteroatoms. The summed E-state index contributed by atoms with van der Waals surface area (Å²) < 4.78 is 5.45. The standard InChI is InChI=1S/C29H43N3O4S/c1-9-13-20(4)30-26(33)25(22-15-12-11-14-21(22)10-2)32(24-18-19(24)3)27(34)23(16-17-37-8)31-28(35)36-29(5,6)7/h2,11-12,14-15,19-20,23-25H,9,13,16-18H2,1,3-8H3,(H,30,33)(H,31,35). The van der Waals surface area contributed by atoms with Gasteiger partial charge in [-0.25, -0.2) is 4.79 Å². The van der Waals surface area contributed by atoms with Crippen molar-refractivity contribution in [1.82, 2.24) is 15.5 Å². The van der Waals surface area contributed by atoms with Crippen LogP contribution in [0.4, 0.5) is 4.79 Å². The average Bonchev–Trinajstić information content (AvgIpc) is 3.54. The van der Waals surface area contributed by atoms with Crippen LogP contribution in [-0.4, -0.2) is 58.5 Å². The van der Waals surface area contributed by atoms with Crippen LogP contribution < -0.4 is 10.6 Å². The third-order valence-corrected chi connectivity index (χ3v) is 6.97. The van der Waals surface area contributed by atoms with Crippen molar-refractivity contribution in [1.29, 1.82) is 0 Å². The summed E-state index contributed by atoms with van der Waals surface area (Å²) in [7, 11) is 0. The third-order valence-electron chi connectivity index (χ3n) is 6.33. The zero-order chi connectivity index (χ0) is 27.8. The second kappa shape index (κ2) is 13.8. The molecule has 0 saturated heterocycles. The Kier molecular flexibility index (Phi) is 11.4. The summed E-state index contributed by atoms with van der Waals surface area (Å²) in [5.74, 6) is 3.00. The van der Waals surface area contributed by atoms with E-state index in [4.69, 9.17) is 11.2 Å². The van der Waals surface area contributed by atoms with Gasteiger partial charge in [0.1, 0.15) is 17.7 Å². The molecule has 0 heterocycles. The van der Waals surface area contributed by atoms with Crippen molar-refractivity contribution in [3.05, 3.63) is 35.4 Å². The topological polar surface area (TPSA) is 87.7 Å². The molecule has 2 rings (SSSR count). The van der Waals surface area contributed by atoms with Crippen molar-refractivity contribution in [3.8, 4) is 12.3 Å². The number of carbonyl (C=O) groups excluding carboxylic acids is 3. The highest BCUT2D eigenvalue weighted by atomic mass is 32.2. The van der Waals surface area contributed by atoms with E-state index in [0.717, 1.165) is 19.3 Å². The van der Waals surface area contributed by atoms with Gasteiger partial charge in [-0.15, -0.1) is 6.42 Å². The van der Waals surface area contributed by atoms with Crippen LogP contribution in [0.15, 0.2) is 24.3 Å². The predicted octanol–water partition coefficient (Wildman–Crippen LogP) is 4.90. The Morgan fingerprint density at radius 1 is 1.22 bits per heavy atom. The lowest BCUT2D eigenvalue weighted by Gasteiger charge is -2.36. The van der Waals surface area contributed by atoms with Gasteiger partial charge in [-0.1, -0.05) is 44.4 Å². The lowest BCUT2D eigenvalue weighted by atomic mass is 9.96. The lowest BCUT2D eigenvalue weighted by Crippen LogP contribution is -2.54. The SMILES string of the molecule is C#Cc1ccccc1C(C(=O)NC(C)CCC)N(C(=O)C(CCSC)NC(=O)OC(C)(C)C)C1CC1C. The van der Waals surface area contributed by atoms with Gasteiger partial charge in [0.05, 0.1) is 0 Å². The van der Waals surface area contributed by atoms with E-state index in [1.54, 1.807) is 43.5 Å². The van der Waals surface area contributed by atoms with E-state index < -0.39 is 23.8 Å². The maximum Gasteiger partial charge on any atom is 0.408 e. The van der Waals surface area contributed by atoms with Crippen molar-refractivity contribution < 1.29 is 19.1 Å². The summed E-state index contributed by atoms with van der Waals surface area (Å²) in [6.45, 7) is 11.4. The molecule has 5 atom stereocenters. The van der Waals surface area contributed by atoms with Crippen LogP contribution in [-0.2, 0) is 14.3 Å². The molecule has 7 nitrogen and oxygen atoms in total. The number of nitrogens with one attached hydrogen (secondary N) is 2. The highest BCUT2D eigenvalue weighted by Crippen LogP contribution is 2.41. The van der Waals surface area contributed by atoms with Gasteiger partial charge in [0.15, 0.2) is 0 Å². The molecule has 1 saturated carbocycles. The van der Waals surface area contributed by atoms with Crippen molar-refractivity contribution in [2.24, 2.45) is 5.92 Å². The lowest BCUT2D eigenvalue weighted by molar-refractivity contribution is -0.143. The van der Waals surface area contributed by atoms with E-state index in [-0.39, 0.29) is 29.8 Å². The number of nitrogens with zero attached hydrogens (tertiary/aromatic N) is 1. The largest absolute Gasteiger partial charge is 0.444 e. The van der Waals surface area contributed by atoms with Crippen LogP contribution in [0.1, 0.15) is 84.4 Å². The number of rotatable bonds is 12. The summed E-state index contributed by atoms with van der Waals surface area (Å²) in [6, 6.07) is 5.32. The van der Waals surface area contributed by atoms with Crippen LogP contribution >= 0.6 is 11.8 Å². The van der Waals surface area contributed by atoms with Crippen molar-refractivity contribution in [2.75, 3.05) is 12.0 Å². The van der Waals surface area contributed by atoms with E-state index in [9.17, 15) is 14.4 Å². The summed E-state index contributed by atoms with van der Waals surface area (Å²) >= 11 is 1.59. The Labute approximate surface area is 226 Å². The molecule has 0 radical (unpaired) electrons. The third kappa shape index (κ3) is 8.99. The molecule has 0 spiro atoms. The minimum absolute atomic E-state index is 0.0567. The molecule has 1 aromatic rings. The molecular formula is C29H43N3O4S. The number of benzene rings is 1.